The molecule has 0 radical (unpaired) electrons. The van der Waals surface area contributed by atoms with Crippen LogP contribution in [-0.2, 0) is 110 Å². The van der Waals surface area contributed by atoms with E-state index in [0.717, 1.165) is 4.90 Å². The lowest BCUT2D eigenvalue weighted by atomic mass is 9.92. The summed E-state index contributed by atoms with van der Waals surface area (Å²) in [7, 11) is 0. The molecule has 8 amide bonds. The van der Waals surface area contributed by atoms with Crippen molar-refractivity contribution in [3.63, 3.8) is 0 Å². The van der Waals surface area contributed by atoms with Crippen LogP contribution in [0.3, 0.4) is 0 Å². The van der Waals surface area contributed by atoms with E-state index in [4.69, 9.17) is 52.4 Å². The van der Waals surface area contributed by atoms with E-state index in [1.807, 2.05) is 0 Å². The van der Waals surface area contributed by atoms with Gasteiger partial charge in [0.2, 0.25) is 11.8 Å². The number of hydrogen-bond acceptors (Lipinski definition) is 23. The Bertz CT molecular complexity index is 1470. The van der Waals surface area contributed by atoms with Gasteiger partial charge < -0.3 is 52.4 Å². The molecule has 0 aromatic rings. The zero-order valence-electron chi connectivity index (χ0n) is 35.4. The molecule has 0 aromatic carbocycles. The molecule has 0 N–H and O–H groups in total. The Morgan fingerprint density at radius 3 is 0.892 bits per heavy atom. The zero-order chi connectivity index (χ0) is 47.2. The first kappa shape index (κ1) is 51.9. The van der Waals surface area contributed by atoms with Crippen LogP contribution in [0.15, 0.2) is 0 Å². The molecular formula is C38H50N4O23. The smallest absolute Gasteiger partial charge is 0.358 e. The summed E-state index contributed by atoms with van der Waals surface area (Å²) >= 11 is 0. The summed E-state index contributed by atoms with van der Waals surface area (Å²) in [5.74, 6) is -8.35. The quantitative estimate of drug-likeness (QED) is 0.0458. The van der Waals surface area contributed by atoms with E-state index in [9.17, 15) is 57.5 Å². The first-order valence-electron chi connectivity index (χ1n) is 20.3. The Labute approximate surface area is 369 Å². The Morgan fingerprint density at radius 1 is 0.354 bits per heavy atom. The molecule has 4 heterocycles. The lowest BCUT2D eigenvalue weighted by molar-refractivity contribution is -0.200. The van der Waals surface area contributed by atoms with Crippen LogP contribution in [0, 0.1) is 5.41 Å². The highest BCUT2D eigenvalue weighted by molar-refractivity contribution is 6.05. The number of nitrogens with zero attached hydrogens (tertiary/aromatic N) is 4. The predicted molar refractivity (Wildman–Crippen MR) is 201 cm³/mol. The van der Waals surface area contributed by atoms with Gasteiger partial charge >= 0.3 is 17.9 Å². The van der Waals surface area contributed by atoms with Gasteiger partial charge in [0.15, 0.2) is 5.78 Å². The molecule has 65 heavy (non-hydrogen) atoms. The van der Waals surface area contributed by atoms with Crippen molar-refractivity contribution in [3.05, 3.63) is 0 Å². The molecule has 0 atom stereocenters. The SMILES string of the molecule is O=C(COCCOCC(COCCOCC(=O)ON1C(=O)CCC1=O)(COCCOCC(=O)ON1C(=O)CCC1=O)COCCOCC(=O)ON1C(=O)CCC1=O)CN1C(=O)CCC1=O. The number of ether oxygens (including phenoxy) is 8. The molecule has 0 saturated carbocycles. The minimum absolute atomic E-state index is 0.0340. The van der Waals surface area contributed by atoms with Crippen LogP contribution < -0.4 is 0 Å². The van der Waals surface area contributed by atoms with Crippen molar-refractivity contribution in [2.45, 2.75) is 51.4 Å². The van der Waals surface area contributed by atoms with Crippen LogP contribution in [-0.4, -0.2) is 203 Å². The summed E-state index contributed by atoms with van der Waals surface area (Å²) in [5.41, 5.74) is -1.16. The largest absolute Gasteiger partial charge is 0.378 e. The van der Waals surface area contributed by atoms with Crippen molar-refractivity contribution in [2.75, 3.05) is 112 Å². The van der Waals surface area contributed by atoms with Gasteiger partial charge in [0.1, 0.15) is 26.4 Å². The second kappa shape index (κ2) is 27.0. The van der Waals surface area contributed by atoms with Crippen LogP contribution >= 0.6 is 0 Å². The van der Waals surface area contributed by atoms with E-state index in [1.165, 1.54) is 0 Å². The number of hydroxylamine groups is 6. The molecule has 4 saturated heterocycles. The van der Waals surface area contributed by atoms with Crippen molar-refractivity contribution < 1.29 is 110 Å². The Hall–Kier alpha value is -5.68. The van der Waals surface area contributed by atoms with Gasteiger partial charge in [0, 0.05) is 51.4 Å². The second-order valence-electron chi connectivity index (χ2n) is 14.5. The van der Waals surface area contributed by atoms with E-state index in [1.54, 1.807) is 0 Å². The van der Waals surface area contributed by atoms with Gasteiger partial charge in [-0.05, 0) is 0 Å². The van der Waals surface area contributed by atoms with Crippen molar-refractivity contribution >= 4 is 70.9 Å². The van der Waals surface area contributed by atoms with Gasteiger partial charge in [-0.25, -0.2) is 14.4 Å². The molecule has 4 rings (SSSR count). The van der Waals surface area contributed by atoms with Gasteiger partial charge in [-0.3, -0.25) is 48.1 Å². The highest BCUT2D eigenvalue weighted by Gasteiger charge is 2.36. The first-order chi connectivity index (χ1) is 31.2. The fourth-order valence-electron chi connectivity index (χ4n) is 5.91. The Kier molecular flexibility index (Phi) is 21.5. The van der Waals surface area contributed by atoms with Crippen LogP contribution in [0.25, 0.3) is 0 Å². The third-order valence-corrected chi connectivity index (χ3v) is 9.13. The van der Waals surface area contributed by atoms with E-state index < -0.39 is 109 Å². The number of carbonyl (C=O) groups excluding carboxylic acids is 12. The third kappa shape index (κ3) is 17.7. The number of Topliss-reactive ketones (excluding diaryl/α,β-unsaturated/α-hetero) is 1. The van der Waals surface area contributed by atoms with Crippen LogP contribution in [0.5, 0.6) is 0 Å². The lowest BCUT2D eigenvalue weighted by Crippen LogP contribution is -2.43. The molecule has 0 bridgehead atoms. The summed E-state index contributed by atoms with van der Waals surface area (Å²) in [5, 5.41) is 1.14. The molecule has 0 aromatic heterocycles. The van der Waals surface area contributed by atoms with E-state index >= 15 is 0 Å². The van der Waals surface area contributed by atoms with Crippen molar-refractivity contribution in [1.29, 1.82) is 0 Å². The summed E-state index contributed by atoms with van der Waals surface area (Å²) in [6, 6.07) is 0. The van der Waals surface area contributed by atoms with Gasteiger partial charge in [-0.1, -0.05) is 0 Å². The molecule has 0 spiro atoms. The highest BCUT2D eigenvalue weighted by Crippen LogP contribution is 2.22. The average Bonchev–Trinajstić information content (AvgIpc) is 3.98. The molecule has 27 nitrogen and oxygen atoms in total. The summed E-state index contributed by atoms with van der Waals surface area (Å²) in [4.78, 5) is 158. The fourth-order valence-corrected chi connectivity index (χ4v) is 5.91. The van der Waals surface area contributed by atoms with Gasteiger partial charge in [-0.15, -0.1) is 15.2 Å². The molecule has 4 aliphatic heterocycles. The van der Waals surface area contributed by atoms with Crippen LogP contribution in [0.1, 0.15) is 51.4 Å². The maximum Gasteiger partial charge on any atom is 0.358 e. The number of rotatable bonds is 33. The molecule has 4 fully saturated rings. The fraction of sp³-hybridized carbons (Fsp3) is 0.684. The minimum Gasteiger partial charge on any atom is -0.378 e. The Balaban J connectivity index is 1.29. The van der Waals surface area contributed by atoms with E-state index in [2.05, 4.69) is 0 Å². The van der Waals surface area contributed by atoms with E-state index in [0.29, 0.717) is 15.2 Å². The maximum absolute atomic E-state index is 12.3. The summed E-state index contributed by atoms with van der Waals surface area (Å²) in [6.45, 7) is -4.35. The molecule has 360 valence electrons. The molecule has 27 heteroatoms. The predicted octanol–water partition coefficient (Wildman–Crippen LogP) is -3.35. The standard InChI is InChI=1S/C38H50N4O23/c43-26(17-39-27(44)1-2-28(39)45)18-55-9-13-59-22-38(23-60-14-10-56-19-35(52)63-40-29(46)3-4-30(40)47,24-61-15-11-57-20-36(53)64-41-31(48)5-6-32(41)49)25-62-16-12-58-21-37(54)65-42-33(50)7-8-34(42)51/h1-25H2. The topological polar surface area (TPSA) is 319 Å². The molecule has 4 aliphatic rings. The summed E-state index contributed by atoms with van der Waals surface area (Å²) in [6.07, 6.45) is -0.448. The van der Waals surface area contributed by atoms with Crippen molar-refractivity contribution in [3.8, 4) is 0 Å². The first-order valence-corrected chi connectivity index (χ1v) is 20.3. The Morgan fingerprint density at radius 2 is 0.600 bits per heavy atom. The second-order valence-corrected chi connectivity index (χ2v) is 14.5. The van der Waals surface area contributed by atoms with Gasteiger partial charge in [0.05, 0.1) is 91.2 Å². The minimum atomic E-state index is -1.16. The van der Waals surface area contributed by atoms with Crippen molar-refractivity contribution in [1.82, 2.24) is 20.1 Å². The highest BCUT2D eigenvalue weighted by atomic mass is 16.7. The lowest BCUT2D eigenvalue weighted by Gasteiger charge is -2.33. The number of likely N-dealkylation sites (tertiary alicyclic amines) is 1. The van der Waals surface area contributed by atoms with Crippen molar-refractivity contribution in [2.24, 2.45) is 5.41 Å². The van der Waals surface area contributed by atoms with Crippen LogP contribution in [0.4, 0.5) is 0 Å². The number of imide groups is 4. The van der Waals surface area contributed by atoms with Gasteiger partial charge in [-0.2, -0.15) is 0 Å². The molecule has 0 unspecified atom stereocenters. The normalized spacial score (nSPS) is 16.8. The third-order valence-electron chi connectivity index (χ3n) is 9.13. The number of ketones is 1. The molecular weight excluding hydrogens is 880 g/mol. The number of amides is 8. The number of carbonyl (C=O) groups is 12. The monoisotopic (exact) mass is 930 g/mol. The van der Waals surface area contributed by atoms with Crippen LogP contribution in [0.2, 0.25) is 0 Å². The molecule has 0 aliphatic carbocycles. The maximum atomic E-state index is 12.3. The summed E-state index contributed by atoms with van der Waals surface area (Å²) < 4.78 is 44.6. The van der Waals surface area contributed by atoms with E-state index in [-0.39, 0.29) is 131 Å². The zero-order valence-corrected chi connectivity index (χ0v) is 35.4. The van der Waals surface area contributed by atoms with Gasteiger partial charge in [0.25, 0.3) is 35.4 Å². The number of hydrogen-bond donors (Lipinski definition) is 0. The average molecular weight is 931 g/mol.